The van der Waals surface area contributed by atoms with Gasteiger partial charge in [-0.25, -0.2) is 4.79 Å². The van der Waals surface area contributed by atoms with E-state index < -0.39 is 61.5 Å². The summed E-state index contributed by atoms with van der Waals surface area (Å²) in [6.45, 7) is -0.431. The predicted octanol–water partition coefficient (Wildman–Crippen LogP) is -2.49. The molecular weight excluding hydrogens is 276 g/mol. The lowest BCUT2D eigenvalue weighted by Crippen LogP contribution is -2.64. The Morgan fingerprint density at radius 3 is 2.30 bits per heavy atom. The molecule has 10 nitrogen and oxygen atoms in total. The zero-order valence-electron chi connectivity index (χ0n) is 10.2. The molecule has 0 bridgehead atoms. The van der Waals surface area contributed by atoms with Crippen LogP contribution < -0.4 is 5.32 Å². The van der Waals surface area contributed by atoms with Gasteiger partial charge >= 0.3 is 17.9 Å². The highest BCUT2D eigenvalue weighted by molar-refractivity contribution is 5.91. The molecule has 0 spiro atoms. The Kier molecular flexibility index (Phi) is 5.00. The number of aliphatic carboxylic acids is 3. The molecule has 3 unspecified atom stereocenters. The Morgan fingerprint density at radius 2 is 1.85 bits per heavy atom. The number of hydrogen-bond acceptors (Lipinski definition) is 6. The topological polar surface area (TPSA) is 164 Å². The molecule has 5 N–H and O–H groups in total. The van der Waals surface area contributed by atoms with Gasteiger partial charge in [0.05, 0.1) is 25.4 Å². The van der Waals surface area contributed by atoms with Crippen LogP contribution in [0.5, 0.6) is 0 Å². The number of hydrogen-bond donors (Lipinski definition) is 5. The SMILES string of the molecule is O=C(O)CC1NC(O)CN(C(CC(=O)O)C(=O)O)C1=O. The fourth-order valence-corrected chi connectivity index (χ4v) is 1.93. The number of piperazine rings is 1. The van der Waals surface area contributed by atoms with Gasteiger partial charge in [0.15, 0.2) is 0 Å². The number of carboxylic acid groups (broad SMARTS) is 3. The molecule has 10 heteroatoms. The minimum Gasteiger partial charge on any atom is -0.481 e. The van der Waals surface area contributed by atoms with Gasteiger partial charge in [0.2, 0.25) is 5.91 Å². The number of carbonyl (C=O) groups is 4. The van der Waals surface area contributed by atoms with Crippen molar-refractivity contribution in [2.75, 3.05) is 6.54 Å². The summed E-state index contributed by atoms with van der Waals surface area (Å²) in [4.78, 5) is 44.9. The number of rotatable bonds is 6. The summed E-state index contributed by atoms with van der Waals surface area (Å²) in [5, 5.41) is 38.1. The zero-order valence-corrected chi connectivity index (χ0v) is 10.2. The van der Waals surface area contributed by atoms with Gasteiger partial charge in [0.25, 0.3) is 0 Å². The highest BCUT2D eigenvalue weighted by Crippen LogP contribution is 2.14. The lowest BCUT2D eigenvalue weighted by molar-refractivity contribution is -0.161. The summed E-state index contributed by atoms with van der Waals surface area (Å²) in [6.07, 6.45) is -2.81. The van der Waals surface area contributed by atoms with Crippen LogP contribution in [0.1, 0.15) is 12.8 Å². The van der Waals surface area contributed by atoms with Crippen LogP contribution in [0.4, 0.5) is 0 Å². The van der Waals surface area contributed by atoms with Crippen molar-refractivity contribution in [3.63, 3.8) is 0 Å². The standard InChI is InChI=1S/C10H14N2O8/c13-6-3-12(5(10(19)20)2-8(16)17)9(18)4(11-6)1-7(14)15/h4-6,11,13H,1-3H2,(H,14,15)(H,16,17)(H,19,20). The van der Waals surface area contributed by atoms with Gasteiger partial charge in [-0.1, -0.05) is 0 Å². The molecule has 20 heavy (non-hydrogen) atoms. The van der Waals surface area contributed by atoms with Crippen LogP contribution in [0.3, 0.4) is 0 Å². The molecule has 0 aromatic carbocycles. The molecule has 0 aliphatic carbocycles. The molecule has 1 fully saturated rings. The van der Waals surface area contributed by atoms with Crippen molar-refractivity contribution in [2.24, 2.45) is 0 Å². The van der Waals surface area contributed by atoms with Gasteiger partial charge in [-0.05, 0) is 0 Å². The number of aliphatic hydroxyl groups is 1. The van der Waals surface area contributed by atoms with Crippen molar-refractivity contribution < 1.29 is 39.6 Å². The second-order valence-electron chi connectivity index (χ2n) is 4.28. The van der Waals surface area contributed by atoms with Crippen molar-refractivity contribution in [3.05, 3.63) is 0 Å². The summed E-state index contributed by atoms with van der Waals surface area (Å²) in [5.41, 5.74) is 0. The third-order valence-corrected chi connectivity index (χ3v) is 2.75. The highest BCUT2D eigenvalue weighted by Gasteiger charge is 2.41. The average molecular weight is 290 g/mol. The lowest BCUT2D eigenvalue weighted by atomic mass is 10.1. The smallest absolute Gasteiger partial charge is 0.327 e. The quantitative estimate of drug-likeness (QED) is 0.355. The first kappa shape index (κ1) is 15.9. The summed E-state index contributed by atoms with van der Waals surface area (Å²) in [5.74, 6) is -5.14. The first-order valence-corrected chi connectivity index (χ1v) is 5.63. The van der Waals surface area contributed by atoms with Crippen LogP contribution in [0, 0.1) is 0 Å². The maximum atomic E-state index is 12.0. The van der Waals surface area contributed by atoms with Gasteiger partial charge < -0.3 is 25.3 Å². The molecular formula is C10H14N2O8. The van der Waals surface area contributed by atoms with Crippen molar-refractivity contribution in [1.82, 2.24) is 10.2 Å². The van der Waals surface area contributed by atoms with Crippen LogP contribution in [-0.4, -0.2) is 74.0 Å². The minimum atomic E-state index is -1.66. The van der Waals surface area contributed by atoms with Crippen LogP contribution in [-0.2, 0) is 19.2 Å². The van der Waals surface area contributed by atoms with E-state index in [0.717, 1.165) is 0 Å². The number of carbonyl (C=O) groups excluding carboxylic acids is 1. The zero-order chi connectivity index (χ0) is 15.4. The fraction of sp³-hybridized carbons (Fsp3) is 0.600. The normalized spacial score (nSPS) is 24.2. The number of nitrogens with one attached hydrogen (secondary N) is 1. The van der Waals surface area contributed by atoms with E-state index in [9.17, 15) is 24.3 Å². The Balaban J connectivity index is 2.94. The predicted molar refractivity (Wildman–Crippen MR) is 60.6 cm³/mol. The number of amides is 1. The average Bonchev–Trinajstić information content (AvgIpc) is 2.29. The van der Waals surface area contributed by atoms with Crippen LogP contribution in [0.15, 0.2) is 0 Å². The van der Waals surface area contributed by atoms with Gasteiger partial charge in [-0.3, -0.25) is 19.7 Å². The van der Waals surface area contributed by atoms with E-state index in [2.05, 4.69) is 5.32 Å². The molecule has 0 radical (unpaired) electrons. The van der Waals surface area contributed by atoms with E-state index in [1.54, 1.807) is 0 Å². The number of nitrogens with zero attached hydrogens (tertiary/aromatic N) is 1. The molecule has 1 heterocycles. The summed E-state index contributed by atoms with van der Waals surface area (Å²) >= 11 is 0. The van der Waals surface area contributed by atoms with Crippen LogP contribution >= 0.6 is 0 Å². The molecule has 112 valence electrons. The Bertz CT molecular complexity index is 437. The Hall–Kier alpha value is -2.20. The Labute approximate surface area is 112 Å². The van der Waals surface area contributed by atoms with Crippen molar-refractivity contribution in [3.8, 4) is 0 Å². The molecule has 0 aromatic heterocycles. The maximum absolute atomic E-state index is 12.0. The number of carboxylic acids is 3. The van der Waals surface area contributed by atoms with E-state index in [1.165, 1.54) is 0 Å². The van der Waals surface area contributed by atoms with E-state index in [1.807, 2.05) is 0 Å². The maximum Gasteiger partial charge on any atom is 0.327 e. The summed E-state index contributed by atoms with van der Waals surface area (Å²) in [7, 11) is 0. The highest BCUT2D eigenvalue weighted by atomic mass is 16.4. The molecule has 0 aromatic rings. The lowest BCUT2D eigenvalue weighted by Gasteiger charge is -2.38. The van der Waals surface area contributed by atoms with E-state index in [4.69, 9.17) is 15.3 Å². The van der Waals surface area contributed by atoms with Crippen molar-refractivity contribution in [2.45, 2.75) is 31.2 Å². The third-order valence-electron chi connectivity index (χ3n) is 2.75. The summed E-state index contributed by atoms with van der Waals surface area (Å²) in [6, 6.07) is -2.96. The molecule has 1 rings (SSSR count). The Morgan fingerprint density at radius 1 is 1.25 bits per heavy atom. The van der Waals surface area contributed by atoms with E-state index in [0.29, 0.717) is 4.90 Å². The van der Waals surface area contributed by atoms with Gasteiger partial charge in [0, 0.05) is 0 Å². The van der Waals surface area contributed by atoms with E-state index in [-0.39, 0.29) is 0 Å². The number of aliphatic hydroxyl groups excluding tert-OH is 1. The molecule has 1 aliphatic heterocycles. The molecule has 1 amide bonds. The van der Waals surface area contributed by atoms with Crippen molar-refractivity contribution >= 4 is 23.8 Å². The monoisotopic (exact) mass is 290 g/mol. The number of β-amino-alcohol motifs (C(OH)–C–C–N with tert-alkyl or cyclic N) is 1. The van der Waals surface area contributed by atoms with Crippen LogP contribution in [0.25, 0.3) is 0 Å². The van der Waals surface area contributed by atoms with Crippen molar-refractivity contribution in [1.29, 1.82) is 0 Å². The molecule has 1 saturated heterocycles. The second kappa shape index (κ2) is 6.30. The molecule has 0 saturated carbocycles. The molecule has 1 aliphatic rings. The third kappa shape index (κ3) is 3.90. The largest absolute Gasteiger partial charge is 0.481 e. The second-order valence-corrected chi connectivity index (χ2v) is 4.28. The van der Waals surface area contributed by atoms with Gasteiger partial charge in [-0.2, -0.15) is 0 Å². The van der Waals surface area contributed by atoms with Gasteiger partial charge in [0.1, 0.15) is 12.3 Å². The van der Waals surface area contributed by atoms with Crippen LogP contribution in [0.2, 0.25) is 0 Å². The first-order chi connectivity index (χ1) is 9.22. The first-order valence-electron chi connectivity index (χ1n) is 5.63. The van der Waals surface area contributed by atoms with Gasteiger partial charge in [-0.15, -0.1) is 0 Å². The fourth-order valence-electron chi connectivity index (χ4n) is 1.93. The molecule has 3 atom stereocenters. The van der Waals surface area contributed by atoms with E-state index >= 15 is 0 Å². The minimum absolute atomic E-state index is 0.431. The summed E-state index contributed by atoms with van der Waals surface area (Å²) < 4.78 is 0.